The first-order valence-electron chi connectivity index (χ1n) is 4.47. The Hall–Kier alpha value is -1.90. The van der Waals surface area contributed by atoms with E-state index in [4.69, 9.17) is 5.73 Å². The summed E-state index contributed by atoms with van der Waals surface area (Å²) in [4.78, 5) is 0. The zero-order valence-corrected chi connectivity index (χ0v) is 7.99. The summed E-state index contributed by atoms with van der Waals surface area (Å²) in [5.41, 5.74) is 8.67. The third-order valence-corrected chi connectivity index (χ3v) is 2.14. The van der Waals surface area contributed by atoms with E-state index >= 15 is 0 Å². The Labute approximate surface area is 82.6 Å². The Bertz CT molecular complexity index is 438. The van der Waals surface area contributed by atoms with Crippen LogP contribution in [0.25, 0.3) is 11.3 Å². The molecule has 0 spiro atoms. The van der Waals surface area contributed by atoms with Gasteiger partial charge in [-0.2, -0.15) is 0 Å². The monoisotopic (exact) mass is 186 g/mol. The van der Waals surface area contributed by atoms with Crippen molar-refractivity contribution in [1.82, 2.24) is 5.10 Å². The molecule has 3 N–H and O–H groups in total. The normalized spacial score (nSPS) is 10.1. The molecule has 2 rings (SSSR count). The zero-order chi connectivity index (χ0) is 9.97. The summed E-state index contributed by atoms with van der Waals surface area (Å²) in [6.45, 7) is 1.96. The second kappa shape index (κ2) is 3.46. The van der Waals surface area contributed by atoms with Gasteiger partial charge in [0.05, 0.1) is 0 Å². The molecule has 0 saturated carbocycles. The van der Waals surface area contributed by atoms with Crippen LogP contribution < -0.4 is 10.8 Å². The fourth-order valence-electron chi connectivity index (χ4n) is 1.28. The first kappa shape index (κ1) is 8.69. The lowest BCUT2D eigenvalue weighted by atomic mass is 10.1. The quantitative estimate of drug-likeness (QED) is 0.732. The zero-order valence-electron chi connectivity index (χ0n) is 7.99. The summed E-state index contributed by atoms with van der Waals surface area (Å²) in [5, 5.41) is 6.95. The molecule has 0 radical (unpaired) electrons. The first-order valence-corrected chi connectivity index (χ1v) is 4.47. The lowest BCUT2D eigenvalue weighted by Gasteiger charge is -1.99. The highest BCUT2D eigenvalue weighted by molar-refractivity contribution is 5.59. The maximum atomic E-state index is 5.65. The molecule has 14 heavy (non-hydrogen) atoms. The van der Waals surface area contributed by atoms with E-state index in [1.807, 2.05) is 43.3 Å². The number of aromatic amines is 1. The molecule has 2 aromatic rings. The largest absolute Gasteiger partial charge is 0.293 e. The summed E-state index contributed by atoms with van der Waals surface area (Å²) >= 11 is 0. The first-order chi connectivity index (χ1) is 6.77. The maximum absolute atomic E-state index is 5.65. The van der Waals surface area contributed by atoms with E-state index in [1.54, 1.807) is 0 Å². The predicted octanol–water partition coefficient (Wildman–Crippen LogP) is 1.45. The number of nitrogens with two attached hydrogens (primary N) is 1. The second-order valence-corrected chi connectivity index (χ2v) is 3.22. The molecule has 0 amide bonds. The summed E-state index contributed by atoms with van der Waals surface area (Å²) in [6, 6.07) is 12.0. The highest BCUT2D eigenvalue weighted by Gasteiger charge is 2.05. The van der Waals surface area contributed by atoms with Gasteiger partial charge in [-0.05, 0) is 13.0 Å². The van der Waals surface area contributed by atoms with Crippen molar-refractivity contribution in [3.05, 3.63) is 42.0 Å². The number of hydrogen-bond donors (Lipinski definition) is 1. The number of aryl methyl sites for hydroxylation is 1. The van der Waals surface area contributed by atoms with Crippen LogP contribution in [0, 0.1) is 6.92 Å². The van der Waals surface area contributed by atoms with E-state index in [9.17, 15) is 0 Å². The van der Waals surface area contributed by atoms with Crippen LogP contribution in [0.5, 0.6) is 0 Å². The summed E-state index contributed by atoms with van der Waals surface area (Å²) in [5.74, 6) is 0.615. The Balaban J connectivity index is 2.48. The van der Waals surface area contributed by atoms with Gasteiger partial charge in [-0.25, -0.2) is 0 Å². The van der Waals surface area contributed by atoms with Gasteiger partial charge in [0.2, 0.25) is 0 Å². The average Bonchev–Trinajstić information content (AvgIpc) is 2.23. The van der Waals surface area contributed by atoms with Gasteiger partial charge >= 0.3 is 0 Å². The number of rotatable bonds is 1. The molecule has 3 nitrogen and oxygen atoms in total. The van der Waals surface area contributed by atoms with Crippen LogP contribution in [0.2, 0.25) is 0 Å². The molecule has 1 heterocycles. The number of hydrogen-bond acceptors (Lipinski definition) is 2. The number of H-pyrrole nitrogens is 1. The van der Waals surface area contributed by atoms with Gasteiger partial charge in [0, 0.05) is 11.1 Å². The minimum Gasteiger partial charge on any atom is -0.285 e. The SMILES string of the molecule is Cc1cc(-c2ccccc2)n[nH+]c1N. The van der Waals surface area contributed by atoms with Crippen molar-refractivity contribution in [3.8, 4) is 11.3 Å². The Morgan fingerprint density at radius 3 is 2.57 bits per heavy atom. The van der Waals surface area contributed by atoms with Gasteiger partial charge in [-0.1, -0.05) is 35.4 Å². The van der Waals surface area contributed by atoms with Crippen molar-refractivity contribution < 1.29 is 5.10 Å². The molecule has 0 atom stereocenters. The van der Waals surface area contributed by atoms with Crippen LogP contribution in [-0.4, -0.2) is 5.10 Å². The summed E-state index contributed by atoms with van der Waals surface area (Å²) < 4.78 is 0. The number of nitrogens with one attached hydrogen (secondary N) is 1. The van der Waals surface area contributed by atoms with Crippen LogP contribution in [-0.2, 0) is 0 Å². The number of aromatic nitrogens is 2. The van der Waals surface area contributed by atoms with E-state index in [2.05, 4.69) is 10.2 Å². The van der Waals surface area contributed by atoms with Gasteiger partial charge in [-0.3, -0.25) is 5.73 Å². The summed E-state index contributed by atoms with van der Waals surface area (Å²) in [7, 11) is 0. The van der Waals surface area contributed by atoms with Gasteiger partial charge in [-0.15, -0.1) is 5.10 Å². The Kier molecular flexibility index (Phi) is 2.14. The van der Waals surface area contributed by atoms with Crippen molar-refractivity contribution in [1.29, 1.82) is 0 Å². The van der Waals surface area contributed by atoms with Gasteiger partial charge in [0.25, 0.3) is 5.82 Å². The van der Waals surface area contributed by atoms with E-state index in [0.29, 0.717) is 5.82 Å². The molecule has 70 valence electrons. The molecule has 0 aliphatic heterocycles. The van der Waals surface area contributed by atoms with E-state index in [0.717, 1.165) is 16.8 Å². The molecule has 0 bridgehead atoms. The van der Waals surface area contributed by atoms with Crippen molar-refractivity contribution in [2.45, 2.75) is 6.92 Å². The van der Waals surface area contributed by atoms with Crippen LogP contribution in [0.4, 0.5) is 5.82 Å². The molecule has 0 aliphatic rings. The highest BCUT2D eigenvalue weighted by atomic mass is 15.1. The molecule has 3 heteroatoms. The molecule has 0 unspecified atom stereocenters. The Morgan fingerprint density at radius 2 is 1.93 bits per heavy atom. The second-order valence-electron chi connectivity index (χ2n) is 3.22. The number of nitrogen functional groups attached to an aromatic ring is 1. The molecule has 1 aromatic heterocycles. The van der Waals surface area contributed by atoms with Crippen LogP contribution in [0.1, 0.15) is 5.56 Å². The molecule has 1 aromatic carbocycles. The molecule has 0 fully saturated rings. The molecule has 0 saturated heterocycles. The van der Waals surface area contributed by atoms with Crippen molar-refractivity contribution >= 4 is 5.82 Å². The van der Waals surface area contributed by atoms with Crippen molar-refractivity contribution in [3.63, 3.8) is 0 Å². The van der Waals surface area contributed by atoms with Gasteiger partial charge in [0.15, 0.2) is 0 Å². The van der Waals surface area contributed by atoms with Crippen LogP contribution in [0.15, 0.2) is 36.4 Å². The standard InChI is InChI=1S/C11H11N3/c1-8-7-10(13-14-11(8)12)9-5-3-2-4-6-9/h2-7H,1H3,(H2,12,14)/p+1. The molecular weight excluding hydrogens is 174 g/mol. The lowest BCUT2D eigenvalue weighted by Crippen LogP contribution is -2.16. The number of anilines is 1. The van der Waals surface area contributed by atoms with E-state index < -0.39 is 0 Å². The Morgan fingerprint density at radius 1 is 1.21 bits per heavy atom. The average molecular weight is 186 g/mol. The predicted molar refractivity (Wildman–Crippen MR) is 55.4 cm³/mol. The van der Waals surface area contributed by atoms with Crippen molar-refractivity contribution in [2.24, 2.45) is 0 Å². The maximum Gasteiger partial charge on any atom is 0.293 e. The highest BCUT2D eigenvalue weighted by Crippen LogP contribution is 2.16. The third-order valence-electron chi connectivity index (χ3n) is 2.14. The fraction of sp³-hybridized carbons (Fsp3) is 0.0909. The number of benzene rings is 1. The van der Waals surface area contributed by atoms with Gasteiger partial charge < -0.3 is 0 Å². The summed E-state index contributed by atoms with van der Waals surface area (Å²) in [6.07, 6.45) is 0. The van der Waals surface area contributed by atoms with E-state index in [1.165, 1.54) is 0 Å². The molecule has 0 aliphatic carbocycles. The van der Waals surface area contributed by atoms with Crippen LogP contribution in [0.3, 0.4) is 0 Å². The van der Waals surface area contributed by atoms with E-state index in [-0.39, 0.29) is 0 Å². The fourth-order valence-corrected chi connectivity index (χ4v) is 1.28. The van der Waals surface area contributed by atoms with Crippen LogP contribution >= 0.6 is 0 Å². The topological polar surface area (TPSA) is 53.0 Å². The number of nitrogens with zero attached hydrogens (tertiary/aromatic N) is 1. The molecular formula is C11H12N3+. The van der Waals surface area contributed by atoms with Gasteiger partial charge in [0.1, 0.15) is 5.69 Å². The van der Waals surface area contributed by atoms with Crippen molar-refractivity contribution in [2.75, 3.05) is 5.73 Å². The lowest BCUT2D eigenvalue weighted by molar-refractivity contribution is -0.437. The minimum absolute atomic E-state index is 0.615. The third kappa shape index (κ3) is 1.57. The smallest absolute Gasteiger partial charge is 0.285 e. The minimum atomic E-state index is 0.615.